The quantitative estimate of drug-likeness (QED) is 0.642. The van der Waals surface area contributed by atoms with Gasteiger partial charge in [0.05, 0.1) is 0 Å². The molecule has 0 radical (unpaired) electrons. The summed E-state index contributed by atoms with van der Waals surface area (Å²) in [7, 11) is 1.81. The molecule has 2 aromatic carbocycles. The molecular formula is C21H28N2O. The van der Waals surface area contributed by atoms with Crippen molar-refractivity contribution in [1.82, 2.24) is 5.32 Å². The molecule has 0 aromatic heterocycles. The van der Waals surface area contributed by atoms with Crippen LogP contribution in [0.5, 0.6) is 0 Å². The number of nitrogens with one attached hydrogen (secondary N) is 1. The lowest BCUT2D eigenvalue weighted by Gasteiger charge is -2.18. The fourth-order valence-corrected chi connectivity index (χ4v) is 2.67. The van der Waals surface area contributed by atoms with Crippen LogP contribution < -0.4 is 10.2 Å². The number of rotatable bonds is 8. The highest BCUT2D eigenvalue weighted by Crippen LogP contribution is 2.22. The Labute approximate surface area is 145 Å². The molecule has 2 amide bonds. The van der Waals surface area contributed by atoms with Gasteiger partial charge in [0.2, 0.25) is 0 Å². The second kappa shape index (κ2) is 9.76. The van der Waals surface area contributed by atoms with E-state index in [9.17, 15) is 4.79 Å². The Hall–Kier alpha value is -2.29. The van der Waals surface area contributed by atoms with Crippen LogP contribution in [0.3, 0.4) is 0 Å². The van der Waals surface area contributed by atoms with Gasteiger partial charge in [-0.05, 0) is 29.7 Å². The molecule has 0 aliphatic heterocycles. The van der Waals surface area contributed by atoms with Crippen LogP contribution >= 0.6 is 0 Å². The summed E-state index contributed by atoms with van der Waals surface area (Å²) in [5.74, 6) is 0. The fraction of sp³-hybridized carbons (Fsp3) is 0.381. The third kappa shape index (κ3) is 5.41. The first-order chi connectivity index (χ1) is 11.7. The zero-order valence-electron chi connectivity index (χ0n) is 14.8. The number of anilines is 1. The first-order valence-electron chi connectivity index (χ1n) is 8.89. The molecule has 0 saturated heterocycles. The van der Waals surface area contributed by atoms with Gasteiger partial charge in [0.25, 0.3) is 0 Å². The van der Waals surface area contributed by atoms with E-state index < -0.39 is 0 Å². The predicted octanol–water partition coefficient (Wildman–Crippen LogP) is 5.47. The molecule has 0 saturated carbocycles. The van der Waals surface area contributed by atoms with Crippen molar-refractivity contribution < 1.29 is 4.79 Å². The van der Waals surface area contributed by atoms with E-state index in [1.54, 1.807) is 4.90 Å². The molecule has 0 unspecified atom stereocenters. The lowest BCUT2D eigenvalue weighted by Crippen LogP contribution is -2.37. The molecule has 2 rings (SSSR count). The minimum Gasteiger partial charge on any atom is -0.338 e. The summed E-state index contributed by atoms with van der Waals surface area (Å²) in [6.07, 6.45) is 6.01. The van der Waals surface area contributed by atoms with Crippen LogP contribution in [0.2, 0.25) is 0 Å². The molecule has 0 aliphatic rings. The number of benzene rings is 2. The number of hydrogen-bond donors (Lipinski definition) is 1. The first kappa shape index (κ1) is 18.1. The van der Waals surface area contributed by atoms with Crippen molar-refractivity contribution in [2.24, 2.45) is 0 Å². The summed E-state index contributed by atoms with van der Waals surface area (Å²) in [6.45, 7) is 2.95. The molecule has 0 spiro atoms. The van der Waals surface area contributed by atoms with E-state index in [1.165, 1.54) is 31.2 Å². The molecule has 0 aliphatic carbocycles. The number of carbonyl (C=O) groups excluding carboxylic acids is 1. The summed E-state index contributed by atoms with van der Waals surface area (Å²) in [5, 5.41) is 2.99. The zero-order valence-corrected chi connectivity index (χ0v) is 14.8. The molecule has 0 bridgehead atoms. The van der Waals surface area contributed by atoms with Gasteiger partial charge < -0.3 is 5.32 Å². The smallest absolute Gasteiger partial charge is 0.321 e. The van der Waals surface area contributed by atoms with E-state index in [-0.39, 0.29) is 6.03 Å². The summed E-state index contributed by atoms with van der Waals surface area (Å²) in [5.41, 5.74) is 3.24. The second-order valence-electron chi connectivity index (χ2n) is 6.12. The van der Waals surface area contributed by atoms with Crippen molar-refractivity contribution in [3.63, 3.8) is 0 Å². The van der Waals surface area contributed by atoms with Crippen LogP contribution in [0.15, 0.2) is 54.6 Å². The highest BCUT2D eigenvalue weighted by molar-refractivity contribution is 5.91. The van der Waals surface area contributed by atoms with Gasteiger partial charge >= 0.3 is 6.03 Å². The Bertz CT molecular complexity index is 607. The Morgan fingerprint density at radius 3 is 2.17 bits per heavy atom. The largest absolute Gasteiger partial charge is 0.338 e. The molecule has 24 heavy (non-hydrogen) atoms. The van der Waals surface area contributed by atoms with E-state index in [4.69, 9.17) is 0 Å². The first-order valence-corrected chi connectivity index (χ1v) is 8.89. The molecule has 3 nitrogen and oxygen atoms in total. The maximum atomic E-state index is 12.2. The predicted molar refractivity (Wildman–Crippen MR) is 102 cm³/mol. The standard InChI is InChI=1S/C21H28N2O/c1-3-4-5-6-10-17-22-21(24)23(2)20-15-13-19(14-16-20)18-11-8-7-9-12-18/h7-9,11-16H,3-6,10,17H2,1-2H3,(H,22,24). The molecule has 128 valence electrons. The number of nitrogens with zero attached hydrogens (tertiary/aromatic N) is 1. The molecule has 0 fully saturated rings. The van der Waals surface area contributed by atoms with Crippen molar-refractivity contribution in [3.05, 3.63) is 54.6 Å². The van der Waals surface area contributed by atoms with Gasteiger partial charge in [-0.1, -0.05) is 75.1 Å². The zero-order chi connectivity index (χ0) is 17.2. The maximum absolute atomic E-state index is 12.2. The Morgan fingerprint density at radius 1 is 0.875 bits per heavy atom. The third-order valence-corrected chi connectivity index (χ3v) is 4.22. The number of amides is 2. The number of unbranched alkanes of at least 4 members (excludes halogenated alkanes) is 4. The van der Waals surface area contributed by atoms with Gasteiger partial charge in [-0.2, -0.15) is 0 Å². The van der Waals surface area contributed by atoms with Crippen molar-refractivity contribution in [1.29, 1.82) is 0 Å². The van der Waals surface area contributed by atoms with E-state index in [1.807, 2.05) is 37.4 Å². The Morgan fingerprint density at radius 2 is 1.50 bits per heavy atom. The van der Waals surface area contributed by atoms with Gasteiger partial charge in [0.15, 0.2) is 0 Å². The fourth-order valence-electron chi connectivity index (χ4n) is 2.67. The molecule has 3 heteroatoms. The Kier molecular flexibility index (Phi) is 7.34. The molecule has 0 atom stereocenters. The monoisotopic (exact) mass is 324 g/mol. The normalized spacial score (nSPS) is 10.4. The van der Waals surface area contributed by atoms with Crippen molar-refractivity contribution in [2.45, 2.75) is 39.0 Å². The topological polar surface area (TPSA) is 32.3 Å². The molecule has 0 heterocycles. The SMILES string of the molecule is CCCCCCCNC(=O)N(C)c1ccc(-c2ccccc2)cc1. The number of carbonyl (C=O) groups is 1. The number of hydrogen-bond acceptors (Lipinski definition) is 1. The summed E-state index contributed by atoms with van der Waals surface area (Å²) in [6, 6.07) is 18.3. The van der Waals surface area contributed by atoms with E-state index in [2.05, 4.69) is 36.5 Å². The molecule has 1 N–H and O–H groups in total. The Balaban J connectivity index is 1.83. The maximum Gasteiger partial charge on any atom is 0.321 e. The van der Waals surface area contributed by atoms with Gasteiger partial charge in [0, 0.05) is 19.3 Å². The van der Waals surface area contributed by atoms with Crippen LogP contribution in [0, 0.1) is 0 Å². The van der Waals surface area contributed by atoms with Crippen molar-refractivity contribution in [2.75, 3.05) is 18.5 Å². The lowest BCUT2D eigenvalue weighted by molar-refractivity contribution is 0.247. The van der Waals surface area contributed by atoms with E-state index in [0.717, 1.165) is 24.2 Å². The van der Waals surface area contributed by atoms with E-state index in [0.29, 0.717) is 0 Å². The van der Waals surface area contributed by atoms with Crippen molar-refractivity contribution in [3.8, 4) is 11.1 Å². The van der Waals surface area contributed by atoms with Crippen LogP contribution in [0.1, 0.15) is 39.0 Å². The highest BCUT2D eigenvalue weighted by Gasteiger charge is 2.10. The van der Waals surface area contributed by atoms with Gasteiger partial charge in [-0.15, -0.1) is 0 Å². The second-order valence-corrected chi connectivity index (χ2v) is 6.12. The summed E-state index contributed by atoms with van der Waals surface area (Å²) >= 11 is 0. The molecule has 2 aromatic rings. The van der Waals surface area contributed by atoms with Crippen LogP contribution in [0.25, 0.3) is 11.1 Å². The molecular weight excluding hydrogens is 296 g/mol. The summed E-state index contributed by atoms with van der Waals surface area (Å²) < 4.78 is 0. The van der Waals surface area contributed by atoms with Gasteiger partial charge in [-0.3, -0.25) is 4.90 Å². The van der Waals surface area contributed by atoms with E-state index >= 15 is 0 Å². The van der Waals surface area contributed by atoms with Gasteiger partial charge in [0.1, 0.15) is 0 Å². The number of urea groups is 1. The van der Waals surface area contributed by atoms with Crippen LogP contribution in [-0.4, -0.2) is 19.6 Å². The minimum absolute atomic E-state index is 0.0436. The van der Waals surface area contributed by atoms with Gasteiger partial charge in [-0.25, -0.2) is 4.79 Å². The summed E-state index contributed by atoms with van der Waals surface area (Å²) in [4.78, 5) is 13.9. The van der Waals surface area contributed by atoms with Crippen LogP contribution in [0.4, 0.5) is 10.5 Å². The lowest BCUT2D eigenvalue weighted by atomic mass is 10.1. The minimum atomic E-state index is -0.0436. The van der Waals surface area contributed by atoms with Crippen molar-refractivity contribution >= 4 is 11.7 Å². The van der Waals surface area contributed by atoms with Crippen LogP contribution in [-0.2, 0) is 0 Å². The highest BCUT2D eigenvalue weighted by atomic mass is 16.2. The average Bonchev–Trinajstić information content (AvgIpc) is 2.64. The third-order valence-electron chi connectivity index (χ3n) is 4.22. The average molecular weight is 324 g/mol.